The fourth-order valence-electron chi connectivity index (χ4n) is 2.97. The van der Waals surface area contributed by atoms with Crippen LogP contribution in [0.5, 0.6) is 0 Å². The lowest BCUT2D eigenvalue weighted by molar-refractivity contribution is -0.132. The maximum absolute atomic E-state index is 12.4. The molecule has 0 fully saturated rings. The molecule has 0 aliphatic carbocycles. The number of hydrogen-bond donors (Lipinski definition) is 1. The van der Waals surface area contributed by atoms with Crippen LogP contribution >= 0.6 is 0 Å². The number of nitrogens with one attached hydrogen (secondary N) is 1. The van der Waals surface area contributed by atoms with Crippen molar-refractivity contribution in [1.29, 1.82) is 5.26 Å². The van der Waals surface area contributed by atoms with E-state index in [0.29, 0.717) is 13.1 Å². The average Bonchev–Trinajstić information content (AvgIpc) is 2.55. The molecule has 6 heteroatoms. The molecule has 0 bridgehead atoms. The second-order valence-corrected chi connectivity index (χ2v) is 6.96. The van der Waals surface area contributed by atoms with Crippen molar-refractivity contribution in [3.8, 4) is 6.07 Å². The highest BCUT2D eigenvalue weighted by atomic mass is 16.2. The van der Waals surface area contributed by atoms with E-state index in [2.05, 4.69) is 11.4 Å². The Balaban J connectivity index is 2.62. The molecule has 0 aliphatic heterocycles. The summed E-state index contributed by atoms with van der Waals surface area (Å²) < 4.78 is 0. The molecule has 1 aromatic carbocycles. The lowest BCUT2D eigenvalue weighted by Gasteiger charge is -2.25. The molecule has 1 unspecified atom stereocenters. The third-order valence-electron chi connectivity index (χ3n) is 4.21. The highest BCUT2D eigenvalue weighted by molar-refractivity contribution is 5.94. The predicted molar refractivity (Wildman–Crippen MR) is 104 cm³/mol. The Morgan fingerprint density at radius 1 is 1.19 bits per heavy atom. The van der Waals surface area contributed by atoms with E-state index in [1.807, 2.05) is 39.8 Å². The number of aryl methyl sites for hydroxylation is 3. The molecular formula is C20H30N4O2. The normalized spacial score (nSPS) is 11.8. The maximum Gasteiger partial charge on any atom is 0.238 e. The van der Waals surface area contributed by atoms with Gasteiger partial charge in [-0.05, 0) is 52.8 Å². The number of rotatable bonds is 8. The monoisotopic (exact) mass is 358 g/mol. The summed E-state index contributed by atoms with van der Waals surface area (Å²) in [5.74, 6) is -0.434. The number of benzene rings is 1. The van der Waals surface area contributed by atoms with Crippen molar-refractivity contribution >= 4 is 17.5 Å². The van der Waals surface area contributed by atoms with Crippen molar-refractivity contribution in [2.75, 3.05) is 38.5 Å². The van der Waals surface area contributed by atoms with Gasteiger partial charge in [0.15, 0.2) is 0 Å². The quantitative estimate of drug-likeness (QED) is 0.774. The molecule has 0 saturated heterocycles. The third kappa shape index (κ3) is 6.49. The number of nitrogens with zero attached hydrogens (tertiary/aromatic N) is 3. The Bertz CT molecular complexity index is 671. The molecule has 0 heterocycles. The van der Waals surface area contributed by atoms with Crippen LogP contribution in [0.25, 0.3) is 0 Å². The first kappa shape index (κ1) is 21.7. The molecule has 1 aromatic rings. The summed E-state index contributed by atoms with van der Waals surface area (Å²) in [4.78, 5) is 28.0. The fraction of sp³-hybridized carbons (Fsp3) is 0.550. The first-order chi connectivity index (χ1) is 12.2. The van der Waals surface area contributed by atoms with Crippen molar-refractivity contribution in [3.63, 3.8) is 0 Å². The molecule has 6 nitrogen and oxygen atoms in total. The molecule has 0 aromatic heterocycles. The van der Waals surface area contributed by atoms with Gasteiger partial charge in [0, 0.05) is 18.8 Å². The zero-order chi connectivity index (χ0) is 19.9. The van der Waals surface area contributed by atoms with Crippen LogP contribution in [-0.4, -0.2) is 54.8 Å². The first-order valence-electron chi connectivity index (χ1n) is 8.91. The number of anilines is 1. The largest absolute Gasteiger partial charge is 0.341 e. The smallest absolute Gasteiger partial charge is 0.238 e. The minimum atomic E-state index is -0.208. The highest BCUT2D eigenvalue weighted by Crippen LogP contribution is 2.21. The number of carbonyl (C=O) groups is 2. The summed E-state index contributed by atoms with van der Waals surface area (Å²) in [7, 11) is 1.74. The minimum absolute atomic E-state index is 0.0763. The molecule has 142 valence electrons. The Labute approximate surface area is 156 Å². The van der Waals surface area contributed by atoms with E-state index in [-0.39, 0.29) is 30.8 Å². The number of hydrogen-bond acceptors (Lipinski definition) is 4. The van der Waals surface area contributed by atoms with E-state index < -0.39 is 0 Å². The summed E-state index contributed by atoms with van der Waals surface area (Å²) >= 11 is 0. The van der Waals surface area contributed by atoms with Gasteiger partial charge >= 0.3 is 0 Å². The number of carbonyl (C=O) groups excluding carboxylic acids is 2. The summed E-state index contributed by atoms with van der Waals surface area (Å²) in [5, 5.41) is 11.9. The number of likely N-dealkylation sites (N-methyl/N-ethyl adjacent to an activating group) is 2. The molecule has 0 radical (unpaired) electrons. The van der Waals surface area contributed by atoms with Crippen molar-refractivity contribution in [3.05, 3.63) is 28.8 Å². The summed E-state index contributed by atoms with van der Waals surface area (Å²) in [6.07, 6.45) is 0. The van der Waals surface area contributed by atoms with Gasteiger partial charge in [-0.25, -0.2) is 0 Å². The van der Waals surface area contributed by atoms with Crippen LogP contribution in [-0.2, 0) is 9.59 Å². The second-order valence-electron chi connectivity index (χ2n) is 6.96. The Hall–Kier alpha value is -2.39. The topological polar surface area (TPSA) is 76.4 Å². The molecule has 1 atom stereocenters. The molecule has 1 N–H and O–H groups in total. The van der Waals surface area contributed by atoms with Gasteiger partial charge in [-0.2, -0.15) is 5.26 Å². The number of amides is 2. The third-order valence-corrected chi connectivity index (χ3v) is 4.21. The zero-order valence-corrected chi connectivity index (χ0v) is 16.7. The van der Waals surface area contributed by atoms with Gasteiger partial charge in [0.1, 0.15) is 0 Å². The van der Waals surface area contributed by atoms with Crippen molar-refractivity contribution in [2.45, 2.75) is 34.6 Å². The van der Waals surface area contributed by atoms with Crippen LogP contribution in [0.2, 0.25) is 0 Å². The Morgan fingerprint density at radius 2 is 1.77 bits per heavy atom. The number of nitriles is 1. The zero-order valence-electron chi connectivity index (χ0n) is 16.7. The van der Waals surface area contributed by atoms with E-state index in [4.69, 9.17) is 5.26 Å². The van der Waals surface area contributed by atoms with Gasteiger partial charge in [-0.3, -0.25) is 14.5 Å². The molecule has 0 spiro atoms. The summed E-state index contributed by atoms with van der Waals surface area (Å²) in [6, 6.07) is 6.21. The van der Waals surface area contributed by atoms with Crippen molar-refractivity contribution in [1.82, 2.24) is 9.80 Å². The van der Waals surface area contributed by atoms with Crippen LogP contribution in [0.4, 0.5) is 5.69 Å². The fourth-order valence-corrected chi connectivity index (χ4v) is 2.97. The van der Waals surface area contributed by atoms with E-state index in [0.717, 1.165) is 22.4 Å². The van der Waals surface area contributed by atoms with Crippen LogP contribution in [0.3, 0.4) is 0 Å². The van der Waals surface area contributed by atoms with Gasteiger partial charge < -0.3 is 10.2 Å². The molecule has 0 aliphatic rings. The molecular weight excluding hydrogens is 328 g/mol. The van der Waals surface area contributed by atoms with Crippen LogP contribution in [0.15, 0.2) is 12.1 Å². The van der Waals surface area contributed by atoms with Gasteiger partial charge in [0.2, 0.25) is 11.8 Å². The van der Waals surface area contributed by atoms with Crippen LogP contribution < -0.4 is 5.32 Å². The molecule has 26 heavy (non-hydrogen) atoms. The SMILES string of the molecule is CCN(CC(C)C#N)C(=O)CN(C)CC(=O)Nc1c(C)cc(C)cc1C. The predicted octanol–water partition coefficient (Wildman–Crippen LogP) is 2.49. The van der Waals surface area contributed by atoms with Crippen molar-refractivity contribution < 1.29 is 9.59 Å². The van der Waals surface area contributed by atoms with E-state index in [9.17, 15) is 9.59 Å². The lowest BCUT2D eigenvalue weighted by Crippen LogP contribution is -2.42. The van der Waals surface area contributed by atoms with Gasteiger partial charge in [-0.1, -0.05) is 17.7 Å². The minimum Gasteiger partial charge on any atom is -0.341 e. The standard InChI is InChI=1S/C20H30N4O2/c1-7-24(11-15(3)10-21)19(26)13-23(6)12-18(25)22-20-16(4)8-14(2)9-17(20)5/h8-9,15H,7,11-13H2,1-6H3,(H,22,25). The van der Waals surface area contributed by atoms with E-state index >= 15 is 0 Å². The van der Waals surface area contributed by atoms with Crippen LogP contribution in [0.1, 0.15) is 30.5 Å². The summed E-state index contributed by atoms with van der Waals surface area (Å²) in [5.41, 5.74) is 4.04. The molecule has 0 saturated carbocycles. The molecule has 2 amide bonds. The molecule has 1 rings (SSSR count). The highest BCUT2D eigenvalue weighted by Gasteiger charge is 2.18. The van der Waals surface area contributed by atoms with E-state index in [1.165, 1.54) is 0 Å². The second kappa shape index (κ2) is 9.93. The Kier molecular flexibility index (Phi) is 8.27. The van der Waals surface area contributed by atoms with Gasteiger partial charge in [0.05, 0.1) is 25.1 Å². The summed E-state index contributed by atoms with van der Waals surface area (Å²) in [6.45, 7) is 10.9. The van der Waals surface area contributed by atoms with Gasteiger partial charge in [0.25, 0.3) is 0 Å². The van der Waals surface area contributed by atoms with Gasteiger partial charge in [-0.15, -0.1) is 0 Å². The van der Waals surface area contributed by atoms with Crippen molar-refractivity contribution in [2.24, 2.45) is 5.92 Å². The van der Waals surface area contributed by atoms with E-state index in [1.54, 1.807) is 23.8 Å². The van der Waals surface area contributed by atoms with Crippen LogP contribution in [0, 0.1) is 38.0 Å². The Morgan fingerprint density at radius 3 is 2.27 bits per heavy atom. The lowest BCUT2D eigenvalue weighted by atomic mass is 10.1. The maximum atomic E-state index is 12.4. The average molecular weight is 358 g/mol. The first-order valence-corrected chi connectivity index (χ1v) is 8.91.